The smallest absolute Gasteiger partial charge is 0.242 e. The molecule has 1 atom stereocenters. The maximum absolute atomic E-state index is 13.2. The molecule has 1 fully saturated rings. The molecule has 1 aromatic carbocycles. The van der Waals surface area contributed by atoms with Gasteiger partial charge in [-0.25, -0.2) is 0 Å². The molecule has 5 heteroatoms. The van der Waals surface area contributed by atoms with E-state index in [2.05, 4.69) is 43.1 Å². The Morgan fingerprint density at radius 3 is 2.59 bits per heavy atom. The van der Waals surface area contributed by atoms with Gasteiger partial charge in [0.05, 0.1) is 24.0 Å². The van der Waals surface area contributed by atoms with E-state index in [4.69, 9.17) is 0 Å². The first-order chi connectivity index (χ1) is 13.9. The van der Waals surface area contributed by atoms with Crippen LogP contribution in [0.25, 0.3) is 0 Å². The molecule has 0 spiro atoms. The molecule has 2 heterocycles. The zero-order valence-electron chi connectivity index (χ0n) is 18.0. The number of hydrogen-bond acceptors (Lipinski definition) is 4. The van der Waals surface area contributed by atoms with Crippen molar-refractivity contribution in [1.29, 1.82) is 0 Å². The number of anilines is 2. The summed E-state index contributed by atoms with van der Waals surface area (Å²) in [5, 5.41) is 3.59. The Morgan fingerprint density at radius 2 is 1.86 bits per heavy atom. The molecule has 3 aliphatic rings. The first-order valence-electron chi connectivity index (χ1n) is 11.1. The summed E-state index contributed by atoms with van der Waals surface area (Å²) >= 11 is 0. The molecule has 1 N–H and O–H groups in total. The van der Waals surface area contributed by atoms with Crippen molar-refractivity contribution in [3.05, 3.63) is 35.5 Å². The van der Waals surface area contributed by atoms with Gasteiger partial charge in [0.1, 0.15) is 0 Å². The van der Waals surface area contributed by atoms with E-state index in [0.29, 0.717) is 13.0 Å². The average molecular weight is 396 g/mol. The second kappa shape index (κ2) is 7.85. The number of allylic oxidation sites excluding steroid dienone is 1. The molecular formula is C24H33N3O2. The summed E-state index contributed by atoms with van der Waals surface area (Å²) in [6, 6.07) is 8.09. The summed E-state index contributed by atoms with van der Waals surface area (Å²) in [6.45, 7) is 8.46. The van der Waals surface area contributed by atoms with Gasteiger partial charge in [-0.3, -0.25) is 9.59 Å². The van der Waals surface area contributed by atoms with E-state index >= 15 is 0 Å². The third-order valence-electron chi connectivity index (χ3n) is 6.53. The van der Waals surface area contributed by atoms with E-state index in [9.17, 15) is 9.59 Å². The number of carbonyl (C=O) groups excluding carboxylic acids is 2. The fourth-order valence-electron chi connectivity index (χ4n) is 5.16. The lowest BCUT2D eigenvalue weighted by Gasteiger charge is -2.38. The maximum atomic E-state index is 13.2. The van der Waals surface area contributed by atoms with Gasteiger partial charge in [0, 0.05) is 30.8 Å². The highest BCUT2D eigenvalue weighted by atomic mass is 16.2. The molecule has 2 aliphatic heterocycles. The van der Waals surface area contributed by atoms with Crippen molar-refractivity contribution in [3.63, 3.8) is 0 Å². The van der Waals surface area contributed by atoms with Gasteiger partial charge in [-0.05, 0) is 49.7 Å². The minimum Gasteiger partial charge on any atom is -0.357 e. The van der Waals surface area contributed by atoms with Crippen molar-refractivity contribution in [3.8, 4) is 0 Å². The number of nitrogens with zero attached hydrogens (tertiary/aromatic N) is 2. The molecular weight excluding hydrogens is 362 g/mol. The normalized spacial score (nSPS) is 23.8. The van der Waals surface area contributed by atoms with Gasteiger partial charge in [-0.1, -0.05) is 32.9 Å². The first-order valence-corrected chi connectivity index (χ1v) is 11.1. The van der Waals surface area contributed by atoms with E-state index in [-0.39, 0.29) is 23.1 Å². The van der Waals surface area contributed by atoms with Gasteiger partial charge < -0.3 is 15.1 Å². The van der Waals surface area contributed by atoms with Crippen LogP contribution in [-0.2, 0) is 9.59 Å². The Kier molecular flexibility index (Phi) is 5.41. The van der Waals surface area contributed by atoms with Crippen LogP contribution in [0.1, 0.15) is 59.3 Å². The number of rotatable bonds is 3. The molecule has 0 bridgehead atoms. The lowest BCUT2D eigenvalue weighted by atomic mass is 9.74. The van der Waals surface area contributed by atoms with Gasteiger partial charge in [-0.2, -0.15) is 0 Å². The van der Waals surface area contributed by atoms with Crippen molar-refractivity contribution in [1.82, 2.24) is 4.90 Å². The van der Waals surface area contributed by atoms with Crippen LogP contribution in [0.5, 0.6) is 0 Å². The van der Waals surface area contributed by atoms with E-state index in [1.807, 2.05) is 17.0 Å². The summed E-state index contributed by atoms with van der Waals surface area (Å²) in [6.07, 6.45) is 5.60. The number of hydrogen-bond donors (Lipinski definition) is 1. The molecule has 156 valence electrons. The maximum Gasteiger partial charge on any atom is 0.242 e. The first kappa shape index (κ1) is 20.0. The third-order valence-corrected chi connectivity index (χ3v) is 6.53. The second-order valence-corrected chi connectivity index (χ2v) is 9.47. The van der Waals surface area contributed by atoms with Crippen molar-refractivity contribution >= 4 is 23.1 Å². The molecule has 5 nitrogen and oxygen atoms in total. The van der Waals surface area contributed by atoms with Crippen molar-refractivity contribution in [2.24, 2.45) is 5.41 Å². The molecule has 4 rings (SSSR count). The van der Waals surface area contributed by atoms with Gasteiger partial charge in [-0.15, -0.1) is 0 Å². The van der Waals surface area contributed by atoms with Crippen LogP contribution in [0.3, 0.4) is 0 Å². The molecule has 0 unspecified atom stereocenters. The number of amides is 1. The van der Waals surface area contributed by atoms with Crippen molar-refractivity contribution < 1.29 is 9.59 Å². The highest BCUT2D eigenvalue weighted by molar-refractivity contribution is 6.01. The molecule has 0 aromatic heterocycles. The highest BCUT2D eigenvalue weighted by Crippen LogP contribution is 2.44. The third kappa shape index (κ3) is 3.92. The van der Waals surface area contributed by atoms with E-state index < -0.39 is 0 Å². The summed E-state index contributed by atoms with van der Waals surface area (Å²) in [4.78, 5) is 30.6. The van der Waals surface area contributed by atoms with Crippen LogP contribution in [0.15, 0.2) is 35.5 Å². The van der Waals surface area contributed by atoms with Gasteiger partial charge >= 0.3 is 0 Å². The Balaban J connectivity index is 1.73. The number of benzene rings is 1. The Hall–Kier alpha value is -2.30. The number of para-hydroxylation sites is 2. The van der Waals surface area contributed by atoms with E-state index in [0.717, 1.165) is 61.4 Å². The number of piperidine rings is 1. The topological polar surface area (TPSA) is 52.7 Å². The number of likely N-dealkylation sites (tertiary alicyclic amines) is 1. The summed E-state index contributed by atoms with van der Waals surface area (Å²) < 4.78 is 0. The lowest BCUT2D eigenvalue weighted by Crippen LogP contribution is -2.48. The van der Waals surface area contributed by atoms with E-state index in [1.165, 1.54) is 6.42 Å². The number of nitrogens with one attached hydrogen (secondary N) is 1. The second-order valence-electron chi connectivity index (χ2n) is 9.47. The fraction of sp³-hybridized carbons (Fsp3) is 0.583. The number of Topliss-reactive ketones (excluding diaryl/α,β-unsaturated/α-hetero) is 1. The predicted octanol–water partition coefficient (Wildman–Crippen LogP) is 4.35. The number of carbonyl (C=O) groups is 2. The molecule has 1 aliphatic carbocycles. The molecule has 1 saturated heterocycles. The molecule has 1 amide bonds. The predicted molar refractivity (Wildman–Crippen MR) is 117 cm³/mol. The average Bonchev–Trinajstić information content (AvgIpc) is 2.82. The van der Waals surface area contributed by atoms with Crippen LogP contribution in [0.2, 0.25) is 0 Å². The molecule has 0 radical (unpaired) electrons. The van der Waals surface area contributed by atoms with Crippen LogP contribution in [0.4, 0.5) is 11.4 Å². The highest BCUT2D eigenvalue weighted by Gasteiger charge is 2.40. The van der Waals surface area contributed by atoms with Gasteiger partial charge in [0.25, 0.3) is 0 Å². The molecule has 1 aromatic rings. The minimum absolute atomic E-state index is 0.0467. The quantitative estimate of drug-likeness (QED) is 0.827. The summed E-state index contributed by atoms with van der Waals surface area (Å²) in [5.41, 5.74) is 3.89. The fourth-order valence-corrected chi connectivity index (χ4v) is 5.16. The zero-order chi connectivity index (χ0) is 20.6. The molecule has 29 heavy (non-hydrogen) atoms. The molecule has 0 saturated carbocycles. The van der Waals surface area contributed by atoms with Crippen molar-refractivity contribution in [2.75, 3.05) is 29.9 Å². The largest absolute Gasteiger partial charge is 0.357 e. The lowest BCUT2D eigenvalue weighted by molar-refractivity contribution is -0.130. The standard InChI is InChI=1S/C24H33N3O2/c1-4-19-23-18(14-24(2,3)15-21(23)28)25-17-10-6-7-11-20(17)27(19)16-22(29)26-12-8-5-9-13-26/h6-7,10-11,19,25H,4-5,8-9,12-16H2,1-3H3/t19-/m0/s1. The van der Waals surface area contributed by atoms with Crippen LogP contribution in [-0.4, -0.2) is 42.3 Å². The monoisotopic (exact) mass is 395 g/mol. The Bertz CT molecular complexity index is 836. The number of fused-ring (bicyclic) bond motifs is 1. The SMILES string of the molecule is CC[C@H]1C2=C(CC(C)(C)CC2=O)Nc2ccccc2N1CC(=O)N1CCCCC1. The zero-order valence-corrected chi connectivity index (χ0v) is 18.0. The minimum atomic E-state index is -0.0708. The van der Waals surface area contributed by atoms with Gasteiger partial charge in [0.2, 0.25) is 5.91 Å². The van der Waals surface area contributed by atoms with Crippen molar-refractivity contribution in [2.45, 2.75) is 65.3 Å². The Morgan fingerprint density at radius 1 is 1.14 bits per heavy atom. The van der Waals surface area contributed by atoms with Crippen LogP contribution in [0, 0.1) is 5.41 Å². The number of ketones is 1. The van der Waals surface area contributed by atoms with Gasteiger partial charge in [0.15, 0.2) is 5.78 Å². The van der Waals surface area contributed by atoms with Crippen LogP contribution >= 0.6 is 0 Å². The van der Waals surface area contributed by atoms with E-state index in [1.54, 1.807) is 0 Å². The Labute approximate surface area is 174 Å². The summed E-state index contributed by atoms with van der Waals surface area (Å²) in [5.74, 6) is 0.393. The summed E-state index contributed by atoms with van der Waals surface area (Å²) in [7, 11) is 0. The van der Waals surface area contributed by atoms with Crippen LogP contribution < -0.4 is 10.2 Å².